The van der Waals surface area contributed by atoms with Crippen LogP contribution in [0, 0.1) is 6.92 Å². The van der Waals surface area contributed by atoms with Crippen LogP contribution in [0.1, 0.15) is 44.1 Å². The van der Waals surface area contributed by atoms with Crippen molar-refractivity contribution >= 4 is 0 Å². The van der Waals surface area contributed by atoms with Gasteiger partial charge in [0.05, 0.1) is 34.0 Å². The molecule has 1 atom stereocenters. The second-order valence-electron chi connectivity index (χ2n) is 5.23. The average Bonchev–Trinajstić information content (AvgIpc) is 2.80. The molecule has 25 heavy (non-hydrogen) atoms. The van der Waals surface area contributed by atoms with E-state index in [9.17, 15) is 5.11 Å². The summed E-state index contributed by atoms with van der Waals surface area (Å²) in [5, 5.41) is 10.5. The number of hydrogen-bond acceptors (Lipinski definition) is 4. The second kappa shape index (κ2) is 9.94. The molecule has 0 spiro atoms. The van der Waals surface area contributed by atoms with Gasteiger partial charge in [-0.25, -0.2) is 0 Å². The highest BCUT2D eigenvalue weighted by atomic mass is 16.5. The summed E-state index contributed by atoms with van der Waals surface area (Å²) in [4.78, 5) is 0. The molecule has 0 amide bonds. The maximum atomic E-state index is 10.5. The van der Waals surface area contributed by atoms with Gasteiger partial charge in [-0.15, -0.1) is 0 Å². The third kappa shape index (κ3) is 6.31. The van der Waals surface area contributed by atoms with Gasteiger partial charge in [0.25, 0.3) is 0 Å². The smallest absolute Gasteiger partial charge is 0.160 e. The summed E-state index contributed by atoms with van der Waals surface area (Å²) in [6.07, 6.45) is -2.77. The molecule has 0 radical (unpaired) electrons. The highest BCUT2D eigenvalue weighted by molar-refractivity contribution is 5.42. The minimum atomic E-state index is -3.06. The number of aliphatic hydroxyl groups is 1. The summed E-state index contributed by atoms with van der Waals surface area (Å²) in [7, 11) is 2.62. The molecule has 0 heterocycles. The van der Waals surface area contributed by atoms with Gasteiger partial charge >= 0.3 is 0 Å². The van der Waals surface area contributed by atoms with Crippen molar-refractivity contribution in [3.8, 4) is 17.2 Å². The van der Waals surface area contributed by atoms with Crippen molar-refractivity contribution in [2.24, 2.45) is 0 Å². The molecule has 1 unspecified atom stereocenters. The molecule has 2 aromatic carbocycles. The Kier molecular flexibility index (Phi) is 3.77. The van der Waals surface area contributed by atoms with Crippen LogP contribution < -0.4 is 14.2 Å². The largest absolute Gasteiger partial charge is 0.493 e. The first-order chi connectivity index (χ1) is 16.1. The summed E-state index contributed by atoms with van der Waals surface area (Å²) >= 11 is 0. The third-order valence-corrected chi connectivity index (χ3v) is 3.29. The minimum absolute atomic E-state index is 0.00593. The quantitative estimate of drug-likeness (QED) is 0.651. The lowest BCUT2D eigenvalue weighted by Crippen LogP contribution is -2.17. The Morgan fingerprint density at radius 1 is 1.12 bits per heavy atom. The monoisotopic (exact) mass is 354 g/mol. The summed E-state index contributed by atoms with van der Waals surface area (Å²) < 4.78 is 95.4. The van der Waals surface area contributed by atoms with E-state index in [1.165, 1.54) is 21.1 Å². The number of ether oxygens (including phenoxy) is 3. The molecule has 4 nitrogen and oxygen atoms in total. The molecule has 0 bridgehead atoms. The average molecular weight is 355 g/mol. The number of rotatable bonds is 10. The Morgan fingerprint density at radius 3 is 2.68 bits per heavy atom. The Morgan fingerprint density at radius 2 is 1.92 bits per heavy atom. The Labute approximate surface area is 164 Å². The Balaban J connectivity index is 2.17. The zero-order valence-electron chi connectivity index (χ0n) is 24.5. The standard InChI is InChI=1S/C21H28O4/c1-16-7-6-10-19(13-16)25-15-18(22)9-5-4-8-17-11-12-20(23-2)21(14-17)24-3/h6-7,10-14,18,22H,4-5,8-9,15H2,1-3H3/i6D,7D,10D,11D,12D,13D,14D,15D2,18D. The van der Waals surface area contributed by atoms with Crippen molar-refractivity contribution < 1.29 is 33.0 Å². The third-order valence-electron chi connectivity index (χ3n) is 3.29. The first-order valence-electron chi connectivity index (χ1n) is 12.8. The van der Waals surface area contributed by atoms with Crippen LogP contribution in [0.3, 0.4) is 0 Å². The van der Waals surface area contributed by atoms with Gasteiger partial charge in [-0.2, -0.15) is 0 Å². The fourth-order valence-corrected chi connectivity index (χ4v) is 2.05. The molecule has 0 saturated carbocycles. The summed E-state index contributed by atoms with van der Waals surface area (Å²) in [6, 6.07) is -2.64. The van der Waals surface area contributed by atoms with Gasteiger partial charge in [0, 0.05) is 0 Å². The lowest BCUT2D eigenvalue weighted by Gasteiger charge is -2.13. The van der Waals surface area contributed by atoms with Gasteiger partial charge in [0.1, 0.15) is 12.3 Å². The number of methoxy groups -OCH3 is 2. The normalized spacial score (nSPS) is 19.4. The molecule has 0 saturated heterocycles. The maximum absolute atomic E-state index is 10.5. The fourth-order valence-electron chi connectivity index (χ4n) is 2.05. The molecule has 0 fully saturated rings. The van der Waals surface area contributed by atoms with Crippen molar-refractivity contribution in [1.29, 1.82) is 0 Å². The Hall–Kier alpha value is -2.20. The number of unbranched alkanes of at least 4 members (excludes halogenated alkanes) is 1. The van der Waals surface area contributed by atoms with Crippen molar-refractivity contribution in [2.45, 2.75) is 38.7 Å². The Bertz CT molecular complexity index is 1080. The van der Waals surface area contributed by atoms with E-state index in [1.54, 1.807) is 0 Å². The number of hydrogen-bond donors (Lipinski definition) is 1. The van der Waals surface area contributed by atoms with Crippen LogP contribution in [0.15, 0.2) is 42.3 Å². The minimum Gasteiger partial charge on any atom is -0.493 e. The molecule has 136 valence electrons. The fraction of sp³-hybridized carbons (Fsp3) is 0.429. The van der Waals surface area contributed by atoms with Gasteiger partial charge in [-0.3, -0.25) is 0 Å². The molecule has 0 aromatic heterocycles. The first-order valence-corrected chi connectivity index (χ1v) is 7.81. The molecule has 0 aliphatic rings. The highest BCUT2D eigenvalue weighted by Crippen LogP contribution is 2.28. The van der Waals surface area contributed by atoms with Gasteiger partial charge in [0.2, 0.25) is 0 Å². The summed E-state index contributed by atoms with van der Waals surface area (Å²) in [5.41, 5.74) is 0.221. The van der Waals surface area contributed by atoms with E-state index in [1.807, 2.05) is 0 Å². The predicted molar refractivity (Wildman–Crippen MR) is 99.8 cm³/mol. The molecule has 1 N–H and O–H groups in total. The molecule has 2 aromatic rings. The molecule has 2 rings (SSSR count). The van der Waals surface area contributed by atoms with Crippen LogP contribution >= 0.6 is 0 Å². The van der Waals surface area contributed by atoms with Gasteiger partial charge in [0.15, 0.2) is 11.5 Å². The van der Waals surface area contributed by atoms with Crippen LogP contribution in [-0.4, -0.2) is 32.0 Å². The van der Waals surface area contributed by atoms with Gasteiger partial charge in [-0.05, 0) is 61.5 Å². The molecule has 0 aliphatic heterocycles. The van der Waals surface area contributed by atoms with E-state index in [0.717, 1.165) is 0 Å². The van der Waals surface area contributed by atoms with E-state index in [4.69, 9.17) is 27.9 Å². The SMILES string of the molecule is [2H]c1c([2H])c(C)c([2H])c(OC([2H])([2H])C([2H])(O)CCCCc2c([2H])c([2H])c(OC)c(OC)c2[2H])c1[2H]. The van der Waals surface area contributed by atoms with E-state index in [2.05, 4.69) is 0 Å². The first kappa shape index (κ1) is 9.48. The lowest BCUT2D eigenvalue weighted by molar-refractivity contribution is 0.0976. The lowest BCUT2D eigenvalue weighted by atomic mass is 10.0. The van der Waals surface area contributed by atoms with Crippen molar-refractivity contribution in [1.82, 2.24) is 0 Å². The van der Waals surface area contributed by atoms with E-state index < -0.39 is 42.9 Å². The molecule has 0 aliphatic carbocycles. The van der Waals surface area contributed by atoms with E-state index in [0.29, 0.717) is 0 Å². The van der Waals surface area contributed by atoms with Gasteiger partial charge in [-0.1, -0.05) is 24.5 Å². The van der Waals surface area contributed by atoms with Crippen molar-refractivity contribution in [3.63, 3.8) is 0 Å². The van der Waals surface area contributed by atoms with Crippen molar-refractivity contribution in [3.05, 3.63) is 53.4 Å². The van der Waals surface area contributed by atoms with Gasteiger partial charge < -0.3 is 19.3 Å². The van der Waals surface area contributed by atoms with E-state index >= 15 is 0 Å². The molecular formula is C21H28O4. The van der Waals surface area contributed by atoms with E-state index in [-0.39, 0.29) is 66.1 Å². The van der Waals surface area contributed by atoms with Crippen LogP contribution in [0.2, 0.25) is 0 Å². The predicted octanol–water partition coefficient (Wildman–Crippen LogP) is 4.16. The maximum Gasteiger partial charge on any atom is 0.160 e. The summed E-state index contributed by atoms with van der Waals surface area (Å²) in [5.74, 6) is -0.639. The van der Waals surface area contributed by atoms with Crippen LogP contribution in [0.4, 0.5) is 0 Å². The number of benzene rings is 2. The van der Waals surface area contributed by atoms with Crippen molar-refractivity contribution in [2.75, 3.05) is 20.8 Å². The van der Waals surface area contributed by atoms with Crippen LogP contribution in [0.25, 0.3) is 0 Å². The topological polar surface area (TPSA) is 47.9 Å². The molecular weight excluding hydrogens is 316 g/mol. The molecule has 4 heteroatoms. The second-order valence-corrected chi connectivity index (χ2v) is 5.23. The zero-order valence-corrected chi connectivity index (χ0v) is 14.5. The van der Waals surface area contributed by atoms with Crippen LogP contribution in [0.5, 0.6) is 17.2 Å². The zero-order chi connectivity index (χ0) is 26.9. The summed E-state index contributed by atoms with van der Waals surface area (Å²) in [6.45, 7) is -1.70. The highest BCUT2D eigenvalue weighted by Gasteiger charge is 2.07. The van der Waals surface area contributed by atoms with Crippen LogP contribution in [-0.2, 0) is 6.42 Å².